The summed E-state index contributed by atoms with van der Waals surface area (Å²) in [4.78, 5) is 11.2. The highest BCUT2D eigenvalue weighted by Crippen LogP contribution is 2.29. The van der Waals surface area contributed by atoms with Crippen LogP contribution in [0.5, 0.6) is 0 Å². The molecule has 0 radical (unpaired) electrons. The normalized spacial score (nSPS) is 13.2. The number of carboxylic acids is 1. The summed E-state index contributed by atoms with van der Waals surface area (Å²) in [6, 6.07) is -0.0700. The van der Waals surface area contributed by atoms with Crippen molar-refractivity contribution in [2.24, 2.45) is 11.7 Å². The SMILES string of the molecule is Cc1c(C(N)C(C)C)csc1C(=O)O. The number of thiophene rings is 1. The average molecular weight is 213 g/mol. The molecule has 4 heteroatoms. The van der Waals surface area contributed by atoms with Crippen LogP contribution in [0.2, 0.25) is 0 Å². The maximum absolute atomic E-state index is 10.8. The number of rotatable bonds is 3. The lowest BCUT2D eigenvalue weighted by atomic mass is 9.96. The fourth-order valence-electron chi connectivity index (χ4n) is 1.33. The van der Waals surface area contributed by atoms with Gasteiger partial charge in [0.1, 0.15) is 4.88 Å². The van der Waals surface area contributed by atoms with E-state index in [0.717, 1.165) is 11.1 Å². The molecule has 0 aromatic carbocycles. The summed E-state index contributed by atoms with van der Waals surface area (Å²) in [7, 11) is 0. The number of carbonyl (C=O) groups is 1. The van der Waals surface area contributed by atoms with Crippen LogP contribution in [-0.2, 0) is 0 Å². The maximum atomic E-state index is 10.8. The van der Waals surface area contributed by atoms with Gasteiger partial charge in [-0.2, -0.15) is 0 Å². The van der Waals surface area contributed by atoms with Crippen LogP contribution in [0.25, 0.3) is 0 Å². The van der Waals surface area contributed by atoms with Crippen molar-refractivity contribution in [2.75, 3.05) is 0 Å². The van der Waals surface area contributed by atoms with E-state index >= 15 is 0 Å². The summed E-state index contributed by atoms with van der Waals surface area (Å²) in [5, 5.41) is 10.7. The number of aromatic carboxylic acids is 1. The largest absolute Gasteiger partial charge is 0.477 e. The molecule has 3 N–H and O–H groups in total. The molecule has 1 rings (SSSR count). The molecule has 0 aliphatic carbocycles. The molecule has 0 aliphatic rings. The van der Waals surface area contributed by atoms with Gasteiger partial charge in [0.15, 0.2) is 0 Å². The van der Waals surface area contributed by atoms with Crippen molar-refractivity contribution in [3.8, 4) is 0 Å². The second kappa shape index (κ2) is 4.11. The van der Waals surface area contributed by atoms with Gasteiger partial charge in [-0.15, -0.1) is 11.3 Å². The predicted molar refractivity (Wildman–Crippen MR) is 57.8 cm³/mol. The van der Waals surface area contributed by atoms with E-state index in [1.165, 1.54) is 11.3 Å². The first kappa shape index (κ1) is 11.2. The van der Waals surface area contributed by atoms with Gasteiger partial charge in [-0.05, 0) is 29.3 Å². The molecular formula is C10H15NO2S. The molecule has 1 unspecified atom stereocenters. The highest BCUT2D eigenvalue weighted by Gasteiger charge is 2.19. The molecule has 78 valence electrons. The van der Waals surface area contributed by atoms with Crippen molar-refractivity contribution in [2.45, 2.75) is 26.8 Å². The first-order valence-electron chi connectivity index (χ1n) is 4.52. The van der Waals surface area contributed by atoms with Crippen LogP contribution in [0, 0.1) is 12.8 Å². The minimum Gasteiger partial charge on any atom is -0.477 e. The monoisotopic (exact) mass is 213 g/mol. The summed E-state index contributed by atoms with van der Waals surface area (Å²) in [5.74, 6) is -0.542. The van der Waals surface area contributed by atoms with Gasteiger partial charge in [0.2, 0.25) is 0 Å². The molecule has 1 atom stereocenters. The average Bonchev–Trinajstić information content (AvgIpc) is 2.45. The van der Waals surface area contributed by atoms with E-state index in [0.29, 0.717) is 10.8 Å². The minimum absolute atomic E-state index is 0.0700. The molecule has 0 spiro atoms. The van der Waals surface area contributed by atoms with Gasteiger partial charge in [-0.1, -0.05) is 13.8 Å². The lowest BCUT2D eigenvalue weighted by molar-refractivity contribution is 0.0701. The second-order valence-corrected chi connectivity index (χ2v) is 4.60. The topological polar surface area (TPSA) is 63.3 Å². The Morgan fingerprint density at radius 3 is 2.50 bits per heavy atom. The molecule has 3 nitrogen and oxygen atoms in total. The summed E-state index contributed by atoms with van der Waals surface area (Å²) < 4.78 is 0. The quantitative estimate of drug-likeness (QED) is 0.810. The van der Waals surface area contributed by atoms with Crippen molar-refractivity contribution in [3.63, 3.8) is 0 Å². The Morgan fingerprint density at radius 2 is 2.14 bits per heavy atom. The molecule has 0 saturated heterocycles. The summed E-state index contributed by atoms with van der Waals surface area (Å²) in [5.41, 5.74) is 7.74. The summed E-state index contributed by atoms with van der Waals surface area (Å²) in [6.45, 7) is 5.88. The summed E-state index contributed by atoms with van der Waals surface area (Å²) in [6.07, 6.45) is 0. The van der Waals surface area contributed by atoms with Crippen LogP contribution in [0.4, 0.5) is 0 Å². The van der Waals surface area contributed by atoms with Gasteiger partial charge in [-0.25, -0.2) is 4.79 Å². The third kappa shape index (κ3) is 1.96. The van der Waals surface area contributed by atoms with Crippen molar-refractivity contribution < 1.29 is 9.90 Å². The van der Waals surface area contributed by atoms with E-state index in [1.807, 2.05) is 26.2 Å². The van der Waals surface area contributed by atoms with Crippen molar-refractivity contribution in [1.29, 1.82) is 0 Å². The smallest absolute Gasteiger partial charge is 0.346 e. The number of hydrogen-bond donors (Lipinski definition) is 2. The molecule has 1 heterocycles. The molecule has 1 aromatic heterocycles. The fraction of sp³-hybridized carbons (Fsp3) is 0.500. The first-order valence-corrected chi connectivity index (χ1v) is 5.40. The Balaban J connectivity index is 3.06. The van der Waals surface area contributed by atoms with Crippen LogP contribution in [-0.4, -0.2) is 11.1 Å². The minimum atomic E-state index is -0.866. The highest BCUT2D eigenvalue weighted by atomic mass is 32.1. The third-order valence-corrected chi connectivity index (χ3v) is 3.44. The van der Waals surface area contributed by atoms with Crippen LogP contribution < -0.4 is 5.73 Å². The molecule has 0 amide bonds. The van der Waals surface area contributed by atoms with Crippen molar-refractivity contribution >= 4 is 17.3 Å². The molecule has 1 aromatic rings. The van der Waals surface area contributed by atoms with Gasteiger partial charge in [-0.3, -0.25) is 0 Å². The predicted octanol–water partition coefficient (Wildman–Crippen LogP) is 2.41. The zero-order valence-electron chi connectivity index (χ0n) is 8.57. The van der Waals surface area contributed by atoms with Crippen LogP contribution in [0.3, 0.4) is 0 Å². The van der Waals surface area contributed by atoms with Gasteiger partial charge in [0.05, 0.1) is 0 Å². The molecule has 0 saturated carbocycles. The van der Waals surface area contributed by atoms with Crippen molar-refractivity contribution in [1.82, 2.24) is 0 Å². The van der Waals surface area contributed by atoms with Crippen LogP contribution in [0.15, 0.2) is 5.38 Å². The standard InChI is InChI=1S/C10H15NO2S/c1-5(2)8(11)7-4-14-9(6(7)3)10(12)13/h4-5,8H,11H2,1-3H3,(H,12,13). The lowest BCUT2D eigenvalue weighted by Crippen LogP contribution is -2.17. The zero-order valence-corrected chi connectivity index (χ0v) is 9.39. The van der Waals surface area contributed by atoms with Gasteiger partial charge in [0.25, 0.3) is 0 Å². The molecular weight excluding hydrogens is 198 g/mol. The van der Waals surface area contributed by atoms with E-state index < -0.39 is 5.97 Å². The Morgan fingerprint density at radius 1 is 1.57 bits per heavy atom. The van der Waals surface area contributed by atoms with Gasteiger partial charge >= 0.3 is 5.97 Å². The third-order valence-electron chi connectivity index (χ3n) is 2.35. The Kier molecular flexibility index (Phi) is 3.29. The Hall–Kier alpha value is -0.870. The summed E-state index contributed by atoms with van der Waals surface area (Å²) >= 11 is 1.25. The zero-order chi connectivity index (χ0) is 10.9. The van der Waals surface area contributed by atoms with E-state index in [2.05, 4.69) is 0 Å². The maximum Gasteiger partial charge on any atom is 0.346 e. The van der Waals surface area contributed by atoms with E-state index in [-0.39, 0.29) is 6.04 Å². The second-order valence-electron chi connectivity index (χ2n) is 3.72. The van der Waals surface area contributed by atoms with Crippen LogP contribution in [0.1, 0.15) is 40.7 Å². The Labute approximate surface area is 87.6 Å². The number of carboxylic acid groups (broad SMARTS) is 1. The Bertz CT molecular complexity index is 344. The fourth-order valence-corrected chi connectivity index (χ4v) is 2.30. The van der Waals surface area contributed by atoms with Crippen LogP contribution >= 0.6 is 11.3 Å². The van der Waals surface area contributed by atoms with Gasteiger partial charge < -0.3 is 10.8 Å². The molecule has 0 bridgehead atoms. The first-order chi connectivity index (χ1) is 6.45. The van der Waals surface area contributed by atoms with E-state index in [9.17, 15) is 4.79 Å². The molecule has 14 heavy (non-hydrogen) atoms. The molecule has 0 aliphatic heterocycles. The lowest BCUT2D eigenvalue weighted by Gasteiger charge is -2.15. The highest BCUT2D eigenvalue weighted by molar-refractivity contribution is 7.12. The number of nitrogens with two attached hydrogens (primary N) is 1. The van der Waals surface area contributed by atoms with Crippen molar-refractivity contribution in [3.05, 3.63) is 21.4 Å². The van der Waals surface area contributed by atoms with Gasteiger partial charge in [0, 0.05) is 6.04 Å². The molecule has 0 fully saturated rings. The number of hydrogen-bond acceptors (Lipinski definition) is 3. The van der Waals surface area contributed by atoms with E-state index in [1.54, 1.807) is 0 Å². The van der Waals surface area contributed by atoms with E-state index in [4.69, 9.17) is 10.8 Å².